The molecule has 0 radical (unpaired) electrons. The molecule has 0 aromatic heterocycles. The number of allylic oxidation sites excluding steroid dienone is 3. The second-order valence-corrected chi connectivity index (χ2v) is 4.32. The second-order valence-electron chi connectivity index (χ2n) is 4.32. The van der Waals surface area contributed by atoms with Crippen LogP contribution in [0.2, 0.25) is 0 Å². The van der Waals surface area contributed by atoms with E-state index in [1.165, 1.54) is 5.57 Å². The van der Waals surface area contributed by atoms with E-state index in [0.29, 0.717) is 0 Å². The summed E-state index contributed by atoms with van der Waals surface area (Å²) in [7, 11) is 0. The van der Waals surface area contributed by atoms with Gasteiger partial charge in [0.25, 0.3) is 0 Å². The summed E-state index contributed by atoms with van der Waals surface area (Å²) >= 11 is 0. The predicted molar refractivity (Wildman–Crippen MR) is 70.4 cm³/mol. The fourth-order valence-corrected chi connectivity index (χ4v) is 1.50. The lowest BCUT2D eigenvalue weighted by molar-refractivity contribution is -0.125. The number of carbonyl (C=O) groups excluding carboxylic acids is 1. The molecule has 0 saturated carbocycles. The Kier molecular flexibility index (Phi) is 7.61. The molecule has 0 saturated heterocycles. The monoisotopic (exact) mass is 223 g/mol. The second kappa shape index (κ2) is 8.14. The summed E-state index contributed by atoms with van der Waals surface area (Å²) < 4.78 is 0. The minimum absolute atomic E-state index is 0.139. The van der Waals surface area contributed by atoms with Gasteiger partial charge in [-0.05, 0) is 47.5 Å². The average Bonchev–Trinajstić information content (AvgIpc) is 2.18. The van der Waals surface area contributed by atoms with Crippen LogP contribution in [0.3, 0.4) is 0 Å². The number of carbonyl (C=O) groups is 1. The largest absolute Gasteiger partial charge is 0.340 e. The number of nitrogens with zero attached hydrogens (tertiary/aromatic N) is 1. The Bertz CT molecular complexity index is 268. The van der Waals surface area contributed by atoms with Crippen LogP contribution in [-0.4, -0.2) is 23.9 Å². The number of hydrogen-bond donors (Lipinski definition) is 0. The predicted octanol–water partition coefficient (Wildman–Crippen LogP) is 3.55. The van der Waals surface area contributed by atoms with Gasteiger partial charge >= 0.3 is 0 Å². The van der Waals surface area contributed by atoms with Gasteiger partial charge in [0.05, 0.1) is 0 Å². The molecule has 0 aromatic rings. The SMILES string of the molecule is CCN(CC)C(=O)C=C(C)CCC=C(C)C. The van der Waals surface area contributed by atoms with E-state index < -0.39 is 0 Å². The first-order valence-corrected chi connectivity index (χ1v) is 6.10. The zero-order valence-corrected chi connectivity index (χ0v) is 11.3. The Balaban J connectivity index is 4.20. The van der Waals surface area contributed by atoms with Crippen molar-refractivity contribution < 1.29 is 4.79 Å². The Morgan fingerprint density at radius 2 is 1.69 bits per heavy atom. The summed E-state index contributed by atoms with van der Waals surface area (Å²) in [6.45, 7) is 11.8. The molecular formula is C14H25NO. The molecule has 0 spiro atoms. The maximum atomic E-state index is 11.7. The third-order valence-corrected chi connectivity index (χ3v) is 2.54. The van der Waals surface area contributed by atoms with Gasteiger partial charge in [0.15, 0.2) is 0 Å². The van der Waals surface area contributed by atoms with Crippen molar-refractivity contribution in [2.45, 2.75) is 47.5 Å². The lowest BCUT2D eigenvalue weighted by Crippen LogP contribution is -2.28. The fourth-order valence-electron chi connectivity index (χ4n) is 1.50. The molecule has 0 aromatic carbocycles. The standard InChI is InChI=1S/C14H25NO/c1-6-15(7-2)14(16)11-13(5)10-8-9-12(3)4/h9,11H,6-8,10H2,1-5H3. The lowest BCUT2D eigenvalue weighted by Gasteiger charge is -2.16. The summed E-state index contributed by atoms with van der Waals surface area (Å²) in [5, 5.41) is 0. The summed E-state index contributed by atoms with van der Waals surface area (Å²) in [5.41, 5.74) is 2.50. The Morgan fingerprint density at radius 3 is 2.12 bits per heavy atom. The van der Waals surface area contributed by atoms with E-state index in [4.69, 9.17) is 0 Å². The first-order chi connectivity index (χ1) is 7.51. The molecule has 0 atom stereocenters. The minimum Gasteiger partial charge on any atom is -0.340 e. The third-order valence-electron chi connectivity index (χ3n) is 2.54. The Hall–Kier alpha value is -1.05. The first kappa shape index (κ1) is 14.9. The van der Waals surface area contributed by atoms with Crippen molar-refractivity contribution in [3.63, 3.8) is 0 Å². The van der Waals surface area contributed by atoms with Gasteiger partial charge < -0.3 is 4.90 Å². The van der Waals surface area contributed by atoms with E-state index in [1.807, 2.05) is 25.7 Å². The molecular weight excluding hydrogens is 198 g/mol. The van der Waals surface area contributed by atoms with E-state index in [-0.39, 0.29) is 5.91 Å². The highest BCUT2D eigenvalue weighted by atomic mass is 16.2. The molecule has 16 heavy (non-hydrogen) atoms. The first-order valence-electron chi connectivity index (χ1n) is 6.10. The van der Waals surface area contributed by atoms with Gasteiger partial charge in [-0.25, -0.2) is 0 Å². The highest BCUT2D eigenvalue weighted by Crippen LogP contribution is 2.07. The maximum Gasteiger partial charge on any atom is 0.246 e. The van der Waals surface area contributed by atoms with Crippen LogP contribution in [0.5, 0.6) is 0 Å². The Labute approximate surface area is 100 Å². The van der Waals surface area contributed by atoms with Crippen LogP contribution in [0, 0.1) is 0 Å². The topological polar surface area (TPSA) is 20.3 Å². The van der Waals surface area contributed by atoms with Crippen molar-refractivity contribution in [2.75, 3.05) is 13.1 Å². The van der Waals surface area contributed by atoms with Crippen molar-refractivity contribution in [3.8, 4) is 0 Å². The number of likely N-dealkylation sites (N-methyl/N-ethyl adjacent to an activating group) is 1. The minimum atomic E-state index is 0.139. The Morgan fingerprint density at radius 1 is 1.12 bits per heavy atom. The van der Waals surface area contributed by atoms with Crippen LogP contribution in [-0.2, 0) is 4.79 Å². The van der Waals surface area contributed by atoms with Gasteiger partial charge in [-0.3, -0.25) is 4.79 Å². The zero-order chi connectivity index (χ0) is 12.6. The summed E-state index contributed by atoms with van der Waals surface area (Å²) in [6.07, 6.45) is 5.97. The molecule has 0 heterocycles. The van der Waals surface area contributed by atoms with Crippen LogP contribution in [0.25, 0.3) is 0 Å². The molecule has 2 heteroatoms. The van der Waals surface area contributed by atoms with Crippen molar-refractivity contribution in [2.24, 2.45) is 0 Å². The third kappa shape index (κ3) is 6.44. The van der Waals surface area contributed by atoms with Gasteiger partial charge in [-0.1, -0.05) is 17.2 Å². The lowest BCUT2D eigenvalue weighted by atomic mass is 10.1. The van der Waals surface area contributed by atoms with Crippen LogP contribution >= 0.6 is 0 Å². The van der Waals surface area contributed by atoms with Crippen molar-refractivity contribution in [1.29, 1.82) is 0 Å². The molecule has 0 aliphatic rings. The van der Waals surface area contributed by atoms with Crippen LogP contribution in [0.1, 0.15) is 47.5 Å². The van der Waals surface area contributed by atoms with Crippen LogP contribution in [0.15, 0.2) is 23.3 Å². The quantitative estimate of drug-likeness (QED) is 0.498. The van der Waals surface area contributed by atoms with E-state index in [0.717, 1.165) is 31.5 Å². The van der Waals surface area contributed by atoms with Crippen molar-refractivity contribution >= 4 is 5.91 Å². The number of hydrogen-bond acceptors (Lipinski definition) is 1. The fraction of sp³-hybridized carbons (Fsp3) is 0.643. The summed E-state index contributed by atoms with van der Waals surface area (Å²) in [4.78, 5) is 13.6. The molecule has 0 N–H and O–H groups in total. The summed E-state index contributed by atoms with van der Waals surface area (Å²) in [6, 6.07) is 0. The molecule has 0 unspecified atom stereocenters. The van der Waals surface area contributed by atoms with Gasteiger partial charge in [0.2, 0.25) is 5.91 Å². The summed E-state index contributed by atoms with van der Waals surface area (Å²) in [5.74, 6) is 0.139. The number of amides is 1. The molecule has 2 nitrogen and oxygen atoms in total. The number of rotatable bonds is 6. The van der Waals surface area contributed by atoms with E-state index in [9.17, 15) is 4.79 Å². The van der Waals surface area contributed by atoms with E-state index in [2.05, 4.69) is 19.9 Å². The van der Waals surface area contributed by atoms with Crippen LogP contribution in [0.4, 0.5) is 0 Å². The van der Waals surface area contributed by atoms with Crippen LogP contribution < -0.4 is 0 Å². The van der Waals surface area contributed by atoms with Gasteiger partial charge in [0, 0.05) is 19.2 Å². The molecule has 0 aliphatic heterocycles. The molecule has 0 aliphatic carbocycles. The highest BCUT2D eigenvalue weighted by molar-refractivity contribution is 5.88. The average molecular weight is 223 g/mol. The highest BCUT2D eigenvalue weighted by Gasteiger charge is 2.05. The maximum absolute atomic E-state index is 11.7. The van der Waals surface area contributed by atoms with Crippen molar-refractivity contribution in [3.05, 3.63) is 23.3 Å². The molecule has 0 fully saturated rings. The molecule has 92 valence electrons. The normalized spacial score (nSPS) is 11.2. The molecule has 0 bridgehead atoms. The van der Waals surface area contributed by atoms with Gasteiger partial charge in [0.1, 0.15) is 0 Å². The molecule has 1 amide bonds. The van der Waals surface area contributed by atoms with Gasteiger partial charge in [-0.2, -0.15) is 0 Å². The van der Waals surface area contributed by atoms with Gasteiger partial charge in [-0.15, -0.1) is 0 Å². The zero-order valence-electron chi connectivity index (χ0n) is 11.3. The smallest absolute Gasteiger partial charge is 0.246 e. The van der Waals surface area contributed by atoms with E-state index in [1.54, 1.807) is 6.08 Å². The van der Waals surface area contributed by atoms with E-state index >= 15 is 0 Å². The van der Waals surface area contributed by atoms with Crippen molar-refractivity contribution in [1.82, 2.24) is 4.90 Å². The molecule has 0 rings (SSSR count).